The van der Waals surface area contributed by atoms with Crippen molar-refractivity contribution >= 4 is 33.4 Å². The van der Waals surface area contributed by atoms with Gasteiger partial charge in [-0.05, 0) is 25.3 Å². The lowest BCUT2D eigenvalue weighted by molar-refractivity contribution is -0.148. The summed E-state index contributed by atoms with van der Waals surface area (Å²) in [5.74, 6) is -1.21. The molecule has 1 saturated carbocycles. The Morgan fingerprint density at radius 2 is 1.90 bits per heavy atom. The van der Waals surface area contributed by atoms with Gasteiger partial charge in [0.15, 0.2) is 0 Å². The van der Waals surface area contributed by atoms with Crippen molar-refractivity contribution in [1.82, 2.24) is 19.4 Å². The van der Waals surface area contributed by atoms with E-state index in [1.165, 1.54) is 20.8 Å². The summed E-state index contributed by atoms with van der Waals surface area (Å²) in [4.78, 5) is 53.4. The van der Waals surface area contributed by atoms with E-state index < -0.39 is 11.8 Å². The van der Waals surface area contributed by atoms with Crippen LogP contribution in [0.15, 0.2) is 9.59 Å². The number of aromatic nitrogens is 2. The van der Waals surface area contributed by atoms with Crippen molar-refractivity contribution < 1.29 is 19.1 Å². The van der Waals surface area contributed by atoms with Crippen molar-refractivity contribution in [2.45, 2.75) is 45.0 Å². The third kappa shape index (κ3) is 3.70. The van der Waals surface area contributed by atoms with Crippen LogP contribution in [0.3, 0.4) is 0 Å². The predicted octanol–water partition coefficient (Wildman–Crippen LogP) is -0.0122. The van der Waals surface area contributed by atoms with Crippen LogP contribution in [0.4, 0.5) is 0 Å². The SMILES string of the molecule is COCCn1c(=O)n(C2CC(OC)C2)c(=O)c2c(C)c(CN3CCNC(=O)C3=O)sc21. The maximum atomic E-state index is 13.4. The summed E-state index contributed by atoms with van der Waals surface area (Å²) in [6.45, 7) is 3.50. The summed E-state index contributed by atoms with van der Waals surface area (Å²) < 4.78 is 13.4. The number of rotatable bonds is 7. The summed E-state index contributed by atoms with van der Waals surface area (Å²) in [5.41, 5.74) is 0.0811. The number of hydrogen-bond donors (Lipinski definition) is 1. The van der Waals surface area contributed by atoms with Crippen molar-refractivity contribution in [2.75, 3.05) is 33.9 Å². The minimum absolute atomic E-state index is 0.0508. The Morgan fingerprint density at radius 1 is 1.16 bits per heavy atom. The number of fused-ring (bicyclic) bond motifs is 1. The quantitative estimate of drug-likeness (QED) is 0.594. The minimum atomic E-state index is -0.623. The van der Waals surface area contributed by atoms with Gasteiger partial charge in [0, 0.05) is 38.2 Å². The van der Waals surface area contributed by atoms with Gasteiger partial charge in [0.1, 0.15) is 4.83 Å². The van der Waals surface area contributed by atoms with Gasteiger partial charge in [-0.1, -0.05) is 0 Å². The van der Waals surface area contributed by atoms with Crippen molar-refractivity contribution in [3.63, 3.8) is 0 Å². The average molecular weight is 451 g/mol. The van der Waals surface area contributed by atoms with Crippen molar-refractivity contribution in [3.8, 4) is 0 Å². The van der Waals surface area contributed by atoms with Crippen molar-refractivity contribution in [3.05, 3.63) is 31.3 Å². The van der Waals surface area contributed by atoms with E-state index in [9.17, 15) is 19.2 Å². The molecule has 1 N–H and O–H groups in total. The van der Waals surface area contributed by atoms with E-state index in [1.807, 2.05) is 6.92 Å². The zero-order valence-corrected chi connectivity index (χ0v) is 18.6. The number of hydrogen-bond acceptors (Lipinski definition) is 7. The number of nitrogens with zero attached hydrogens (tertiary/aromatic N) is 3. The molecule has 2 aromatic rings. The van der Waals surface area contributed by atoms with Gasteiger partial charge in [0.25, 0.3) is 5.56 Å². The molecule has 2 fully saturated rings. The molecule has 2 amide bonds. The molecule has 31 heavy (non-hydrogen) atoms. The summed E-state index contributed by atoms with van der Waals surface area (Å²) in [6.07, 6.45) is 1.29. The first kappa shape index (κ1) is 21.7. The highest BCUT2D eigenvalue weighted by Gasteiger charge is 2.34. The van der Waals surface area contributed by atoms with E-state index in [-0.39, 0.29) is 29.9 Å². The van der Waals surface area contributed by atoms with E-state index in [4.69, 9.17) is 9.47 Å². The molecule has 3 heterocycles. The summed E-state index contributed by atoms with van der Waals surface area (Å²) in [6, 6.07) is -0.196. The molecule has 0 aromatic carbocycles. The second-order valence-electron chi connectivity index (χ2n) is 7.90. The van der Waals surface area contributed by atoms with Gasteiger partial charge in [-0.3, -0.25) is 23.5 Å². The van der Waals surface area contributed by atoms with E-state index >= 15 is 0 Å². The lowest BCUT2D eigenvalue weighted by Gasteiger charge is -2.35. The van der Waals surface area contributed by atoms with Gasteiger partial charge in [-0.2, -0.15) is 0 Å². The Labute approximate surface area is 182 Å². The van der Waals surface area contributed by atoms with Gasteiger partial charge < -0.3 is 19.7 Å². The zero-order chi connectivity index (χ0) is 22.3. The number of piperazine rings is 1. The standard InChI is InChI=1S/C20H26N4O6S/c1-11-14(10-22-5-4-21-16(25)18(22)27)31-19-15(11)17(26)24(12-8-13(9-12)30-3)20(28)23(19)6-7-29-2/h12-13H,4-10H2,1-3H3,(H,21,25). The Kier molecular flexibility index (Phi) is 6.00. The molecule has 2 aromatic heterocycles. The fraction of sp³-hybridized carbons (Fsp3) is 0.600. The average Bonchev–Trinajstić information content (AvgIpc) is 3.03. The topological polar surface area (TPSA) is 112 Å². The fourth-order valence-corrected chi connectivity index (χ4v) is 5.48. The first-order valence-electron chi connectivity index (χ1n) is 10.2. The molecule has 168 valence electrons. The lowest BCUT2D eigenvalue weighted by atomic mass is 9.89. The van der Waals surface area contributed by atoms with E-state index in [0.29, 0.717) is 49.3 Å². The number of carbonyl (C=O) groups is 2. The maximum Gasteiger partial charge on any atom is 0.332 e. The zero-order valence-electron chi connectivity index (χ0n) is 17.8. The number of carbonyl (C=O) groups excluding carboxylic acids is 2. The van der Waals surface area contributed by atoms with Crippen molar-refractivity contribution in [2.24, 2.45) is 0 Å². The molecule has 4 rings (SSSR count). The molecule has 11 heteroatoms. The van der Waals surface area contributed by atoms with Crippen molar-refractivity contribution in [1.29, 1.82) is 0 Å². The third-order valence-electron chi connectivity index (χ3n) is 6.11. The molecule has 0 radical (unpaired) electrons. The van der Waals surface area contributed by atoms with E-state index in [0.717, 1.165) is 10.4 Å². The molecule has 0 spiro atoms. The Bertz CT molecular complexity index is 1140. The van der Waals surface area contributed by atoms with Crippen LogP contribution < -0.4 is 16.6 Å². The molecule has 1 saturated heterocycles. The predicted molar refractivity (Wildman–Crippen MR) is 114 cm³/mol. The van der Waals surface area contributed by atoms with Crippen LogP contribution in [0.1, 0.15) is 29.3 Å². The first-order chi connectivity index (χ1) is 14.9. The Morgan fingerprint density at radius 3 is 2.58 bits per heavy atom. The minimum Gasteiger partial charge on any atom is -0.383 e. The molecule has 0 bridgehead atoms. The molecule has 2 aliphatic rings. The molecule has 0 unspecified atom stereocenters. The van der Waals surface area contributed by atoms with Gasteiger partial charge in [0.05, 0.1) is 31.2 Å². The molecule has 1 aliphatic carbocycles. The number of amides is 2. The smallest absolute Gasteiger partial charge is 0.332 e. The van der Waals surface area contributed by atoms with Crippen LogP contribution in [-0.4, -0.2) is 65.9 Å². The third-order valence-corrected chi connectivity index (χ3v) is 7.41. The van der Waals surface area contributed by atoms with Crippen LogP contribution in [0.25, 0.3) is 10.2 Å². The Hall–Kier alpha value is -2.50. The highest BCUT2D eigenvalue weighted by atomic mass is 32.1. The summed E-state index contributed by atoms with van der Waals surface area (Å²) in [7, 11) is 3.19. The van der Waals surface area contributed by atoms with Gasteiger partial charge in [-0.15, -0.1) is 11.3 Å². The van der Waals surface area contributed by atoms with E-state index in [2.05, 4.69) is 5.32 Å². The summed E-state index contributed by atoms with van der Waals surface area (Å²) >= 11 is 1.32. The fourth-order valence-electron chi connectivity index (χ4n) is 4.15. The Balaban J connectivity index is 1.81. The maximum absolute atomic E-state index is 13.4. The van der Waals surface area contributed by atoms with Gasteiger partial charge in [0.2, 0.25) is 0 Å². The van der Waals surface area contributed by atoms with Crippen LogP contribution >= 0.6 is 11.3 Å². The second-order valence-corrected chi connectivity index (χ2v) is 8.98. The van der Waals surface area contributed by atoms with Crippen LogP contribution in [0.5, 0.6) is 0 Å². The van der Waals surface area contributed by atoms with Gasteiger partial charge >= 0.3 is 17.5 Å². The first-order valence-corrected chi connectivity index (χ1v) is 11.0. The van der Waals surface area contributed by atoms with Crippen LogP contribution in [-0.2, 0) is 32.2 Å². The molecule has 10 nitrogen and oxygen atoms in total. The number of nitrogens with one attached hydrogen (secondary N) is 1. The normalized spacial score (nSPS) is 21.5. The molecule has 1 aliphatic heterocycles. The molecular formula is C20H26N4O6S. The lowest BCUT2D eigenvalue weighted by Crippen LogP contribution is -2.51. The largest absolute Gasteiger partial charge is 0.383 e. The van der Waals surface area contributed by atoms with Crippen LogP contribution in [0, 0.1) is 6.92 Å². The monoisotopic (exact) mass is 450 g/mol. The number of thiophene rings is 1. The highest BCUT2D eigenvalue weighted by Crippen LogP contribution is 2.34. The number of methoxy groups -OCH3 is 2. The number of aryl methyl sites for hydroxylation is 1. The molecule has 0 atom stereocenters. The van der Waals surface area contributed by atoms with Crippen LogP contribution in [0.2, 0.25) is 0 Å². The second kappa shape index (κ2) is 8.56. The van der Waals surface area contributed by atoms with Gasteiger partial charge in [-0.25, -0.2) is 4.79 Å². The highest BCUT2D eigenvalue weighted by molar-refractivity contribution is 7.18. The molecular weight excluding hydrogens is 424 g/mol. The number of ether oxygens (including phenoxy) is 2. The summed E-state index contributed by atoms with van der Waals surface area (Å²) in [5, 5.41) is 3.02. The van der Waals surface area contributed by atoms with E-state index in [1.54, 1.807) is 18.8 Å².